The van der Waals surface area contributed by atoms with Gasteiger partial charge in [0, 0.05) is 24.8 Å². The van der Waals surface area contributed by atoms with Crippen LogP contribution in [0.15, 0.2) is 41.1 Å². The maximum atomic E-state index is 9.27. The van der Waals surface area contributed by atoms with E-state index in [4.69, 9.17) is 0 Å². The molecule has 0 bridgehead atoms. The Morgan fingerprint density at radius 2 is 2.06 bits per heavy atom. The molecule has 0 radical (unpaired) electrons. The second kappa shape index (κ2) is 5.14. The fraction of sp³-hybridized carbons (Fsp3) is 0.231. The molecule has 0 unspecified atom stereocenters. The molecule has 0 spiro atoms. The molecule has 0 fully saturated rings. The number of rotatable bonds is 4. The molecule has 84 valence electrons. The van der Waals surface area contributed by atoms with Crippen LogP contribution in [0.3, 0.4) is 0 Å². The minimum atomic E-state index is 0.0875. The molecule has 0 saturated carbocycles. The lowest BCUT2D eigenvalue weighted by atomic mass is 10.1. The molecule has 2 rings (SSSR count). The lowest BCUT2D eigenvalue weighted by molar-refractivity contribution is 0.282. The quantitative estimate of drug-likeness (QED) is 0.877. The van der Waals surface area contributed by atoms with Crippen molar-refractivity contribution in [1.82, 2.24) is 0 Å². The standard InChI is InChI=1S/C13H15NOS/c1-14(8-11-6-7-16-10-11)13-5-3-2-4-12(13)9-15/h2-7,10,15H,8-9H2,1H3. The van der Waals surface area contributed by atoms with Crippen LogP contribution in [0.4, 0.5) is 5.69 Å². The summed E-state index contributed by atoms with van der Waals surface area (Å²) in [5.41, 5.74) is 3.37. The summed E-state index contributed by atoms with van der Waals surface area (Å²) in [6.07, 6.45) is 0. The molecule has 0 aliphatic carbocycles. The number of aliphatic hydroxyl groups excluding tert-OH is 1. The second-order valence-corrected chi connectivity index (χ2v) is 4.55. The third-order valence-electron chi connectivity index (χ3n) is 2.57. The molecule has 0 aliphatic heterocycles. The minimum Gasteiger partial charge on any atom is -0.392 e. The number of para-hydroxylation sites is 1. The summed E-state index contributed by atoms with van der Waals surface area (Å²) < 4.78 is 0. The molecule has 0 atom stereocenters. The molecule has 0 amide bonds. The van der Waals surface area contributed by atoms with Crippen molar-refractivity contribution in [2.75, 3.05) is 11.9 Å². The second-order valence-electron chi connectivity index (χ2n) is 3.77. The summed E-state index contributed by atoms with van der Waals surface area (Å²) in [4.78, 5) is 2.16. The topological polar surface area (TPSA) is 23.5 Å². The number of hydrogen-bond acceptors (Lipinski definition) is 3. The van der Waals surface area contributed by atoms with Crippen LogP contribution < -0.4 is 4.90 Å². The SMILES string of the molecule is CN(Cc1ccsc1)c1ccccc1CO. The summed E-state index contributed by atoms with van der Waals surface area (Å²) in [7, 11) is 2.05. The van der Waals surface area contributed by atoms with E-state index in [1.54, 1.807) is 11.3 Å². The van der Waals surface area contributed by atoms with Gasteiger partial charge in [-0.15, -0.1) is 0 Å². The van der Waals surface area contributed by atoms with E-state index in [1.807, 2.05) is 31.3 Å². The zero-order valence-corrected chi connectivity index (χ0v) is 10.1. The van der Waals surface area contributed by atoms with Crippen molar-refractivity contribution in [3.63, 3.8) is 0 Å². The molecule has 16 heavy (non-hydrogen) atoms. The van der Waals surface area contributed by atoms with Crippen LogP contribution in [-0.2, 0) is 13.2 Å². The smallest absolute Gasteiger partial charge is 0.0702 e. The average molecular weight is 233 g/mol. The summed E-state index contributed by atoms with van der Waals surface area (Å²) in [6, 6.07) is 10.1. The predicted octanol–water partition coefficient (Wildman–Crippen LogP) is 2.88. The third kappa shape index (κ3) is 2.43. The third-order valence-corrected chi connectivity index (χ3v) is 3.31. The zero-order valence-electron chi connectivity index (χ0n) is 9.26. The molecule has 2 nitrogen and oxygen atoms in total. The largest absolute Gasteiger partial charge is 0.392 e. The predicted molar refractivity (Wildman–Crippen MR) is 68.8 cm³/mol. The van der Waals surface area contributed by atoms with Gasteiger partial charge < -0.3 is 10.0 Å². The van der Waals surface area contributed by atoms with Gasteiger partial charge in [-0.3, -0.25) is 0 Å². The number of anilines is 1. The van der Waals surface area contributed by atoms with Crippen molar-refractivity contribution in [3.8, 4) is 0 Å². The average Bonchev–Trinajstić information content (AvgIpc) is 2.81. The molecule has 1 heterocycles. The molecular weight excluding hydrogens is 218 g/mol. The van der Waals surface area contributed by atoms with Crippen LogP contribution in [0.2, 0.25) is 0 Å². The van der Waals surface area contributed by atoms with E-state index in [9.17, 15) is 5.11 Å². The van der Waals surface area contributed by atoms with Gasteiger partial charge in [-0.2, -0.15) is 11.3 Å². The fourth-order valence-corrected chi connectivity index (χ4v) is 2.42. The number of hydrogen-bond donors (Lipinski definition) is 1. The Bertz CT molecular complexity index is 439. The first-order chi connectivity index (χ1) is 7.81. The lowest BCUT2D eigenvalue weighted by Crippen LogP contribution is -2.17. The summed E-state index contributed by atoms with van der Waals surface area (Å²) >= 11 is 1.71. The fourth-order valence-electron chi connectivity index (χ4n) is 1.76. The van der Waals surface area contributed by atoms with Crippen molar-refractivity contribution in [2.45, 2.75) is 13.2 Å². The highest BCUT2D eigenvalue weighted by Crippen LogP contribution is 2.21. The highest BCUT2D eigenvalue weighted by atomic mass is 32.1. The Hall–Kier alpha value is -1.32. The van der Waals surface area contributed by atoms with Crippen molar-refractivity contribution >= 4 is 17.0 Å². The van der Waals surface area contributed by atoms with Crippen molar-refractivity contribution in [1.29, 1.82) is 0 Å². The Morgan fingerprint density at radius 1 is 1.25 bits per heavy atom. The van der Waals surface area contributed by atoms with E-state index in [-0.39, 0.29) is 6.61 Å². The van der Waals surface area contributed by atoms with E-state index in [1.165, 1.54) is 5.56 Å². The van der Waals surface area contributed by atoms with Crippen LogP contribution in [0.5, 0.6) is 0 Å². The van der Waals surface area contributed by atoms with Crippen molar-refractivity contribution in [3.05, 3.63) is 52.2 Å². The van der Waals surface area contributed by atoms with Crippen LogP contribution in [-0.4, -0.2) is 12.2 Å². The number of thiophene rings is 1. The van der Waals surface area contributed by atoms with Gasteiger partial charge in [0.15, 0.2) is 0 Å². The van der Waals surface area contributed by atoms with Gasteiger partial charge in [0.2, 0.25) is 0 Å². The molecule has 0 aliphatic rings. The molecule has 1 aromatic carbocycles. The Kier molecular flexibility index (Phi) is 3.59. The highest BCUT2D eigenvalue weighted by molar-refractivity contribution is 7.07. The van der Waals surface area contributed by atoms with Gasteiger partial charge in [-0.1, -0.05) is 18.2 Å². The Labute approximate surface area is 99.8 Å². The van der Waals surface area contributed by atoms with E-state index in [2.05, 4.69) is 21.7 Å². The summed E-state index contributed by atoms with van der Waals surface area (Å²) in [5, 5.41) is 13.5. The first-order valence-corrected chi connectivity index (χ1v) is 6.16. The molecule has 1 N–H and O–H groups in total. The van der Waals surface area contributed by atoms with E-state index >= 15 is 0 Å². The lowest BCUT2D eigenvalue weighted by Gasteiger charge is -2.21. The first-order valence-electron chi connectivity index (χ1n) is 5.22. The van der Waals surface area contributed by atoms with Gasteiger partial charge >= 0.3 is 0 Å². The van der Waals surface area contributed by atoms with Crippen LogP contribution in [0.25, 0.3) is 0 Å². The van der Waals surface area contributed by atoms with E-state index in [0.29, 0.717) is 0 Å². The van der Waals surface area contributed by atoms with Gasteiger partial charge in [-0.25, -0.2) is 0 Å². The summed E-state index contributed by atoms with van der Waals surface area (Å²) in [5.74, 6) is 0. The molecule has 3 heteroatoms. The van der Waals surface area contributed by atoms with Crippen LogP contribution >= 0.6 is 11.3 Å². The maximum Gasteiger partial charge on any atom is 0.0702 e. The van der Waals surface area contributed by atoms with Gasteiger partial charge in [-0.05, 0) is 28.5 Å². The number of benzene rings is 1. The first kappa shape index (κ1) is 11.2. The zero-order chi connectivity index (χ0) is 11.4. The Balaban J connectivity index is 2.17. The molecule has 2 aromatic rings. The number of aliphatic hydroxyl groups is 1. The van der Waals surface area contributed by atoms with Crippen molar-refractivity contribution in [2.24, 2.45) is 0 Å². The van der Waals surface area contributed by atoms with Crippen molar-refractivity contribution < 1.29 is 5.11 Å². The molecular formula is C13H15NOS. The normalized spacial score (nSPS) is 10.4. The minimum absolute atomic E-state index is 0.0875. The monoisotopic (exact) mass is 233 g/mol. The van der Waals surface area contributed by atoms with Gasteiger partial charge in [0.1, 0.15) is 0 Å². The van der Waals surface area contributed by atoms with E-state index < -0.39 is 0 Å². The maximum absolute atomic E-state index is 9.27. The van der Waals surface area contributed by atoms with Crippen LogP contribution in [0, 0.1) is 0 Å². The number of nitrogens with zero attached hydrogens (tertiary/aromatic N) is 1. The Morgan fingerprint density at radius 3 is 2.75 bits per heavy atom. The molecule has 1 aromatic heterocycles. The van der Waals surface area contributed by atoms with Crippen LogP contribution in [0.1, 0.15) is 11.1 Å². The highest BCUT2D eigenvalue weighted by Gasteiger charge is 2.06. The van der Waals surface area contributed by atoms with Gasteiger partial charge in [0.25, 0.3) is 0 Å². The van der Waals surface area contributed by atoms with E-state index in [0.717, 1.165) is 17.8 Å². The molecule has 0 saturated heterocycles. The summed E-state index contributed by atoms with van der Waals surface area (Å²) in [6.45, 7) is 0.963. The van der Waals surface area contributed by atoms with Gasteiger partial charge in [0.05, 0.1) is 6.61 Å².